The number of benzene rings is 4. The third-order valence-corrected chi connectivity index (χ3v) is 4.52. The molecule has 0 spiro atoms. The highest BCUT2D eigenvalue weighted by molar-refractivity contribution is 5.78. The van der Waals surface area contributed by atoms with Gasteiger partial charge in [-0.15, -0.1) is 0 Å². The minimum Gasteiger partial charge on any atom is -0.311 e. The van der Waals surface area contributed by atoms with Gasteiger partial charge in [-0.2, -0.15) is 0 Å². The van der Waals surface area contributed by atoms with Crippen LogP contribution in [0.25, 0.3) is 12.2 Å². The molecule has 0 heterocycles. The summed E-state index contributed by atoms with van der Waals surface area (Å²) in [6.07, 6.45) is 4.02. The van der Waals surface area contributed by atoms with Crippen LogP contribution in [0, 0.1) is 5.82 Å². The van der Waals surface area contributed by atoms with Crippen molar-refractivity contribution in [3.05, 3.63) is 126 Å². The van der Waals surface area contributed by atoms with Crippen LogP contribution < -0.4 is 4.90 Å². The first kappa shape index (κ1) is 17.7. The van der Waals surface area contributed by atoms with E-state index in [0.717, 1.165) is 28.2 Å². The standard InChI is InChI=1S/C26H20FN/c27-23-17-13-21(14-18-23)11-12-22-15-19-26(20-16-22)28(24-7-3-1-4-8-24)25-9-5-2-6-10-25/h1-20H/b12-11+. The summed E-state index contributed by atoms with van der Waals surface area (Å²) < 4.78 is 13.0. The van der Waals surface area contributed by atoms with Gasteiger partial charge in [-0.1, -0.05) is 72.8 Å². The van der Waals surface area contributed by atoms with Crippen molar-refractivity contribution in [3.8, 4) is 0 Å². The highest BCUT2D eigenvalue weighted by Gasteiger charge is 2.11. The molecule has 0 aromatic heterocycles. The third-order valence-electron chi connectivity index (χ3n) is 4.52. The topological polar surface area (TPSA) is 3.24 Å². The summed E-state index contributed by atoms with van der Waals surface area (Å²) in [5, 5.41) is 0. The van der Waals surface area contributed by atoms with Crippen LogP contribution in [0.5, 0.6) is 0 Å². The summed E-state index contributed by atoms with van der Waals surface area (Å²) >= 11 is 0. The molecule has 2 heteroatoms. The van der Waals surface area contributed by atoms with E-state index in [1.807, 2.05) is 48.6 Å². The normalized spacial score (nSPS) is 10.9. The lowest BCUT2D eigenvalue weighted by Crippen LogP contribution is -2.09. The van der Waals surface area contributed by atoms with E-state index >= 15 is 0 Å². The van der Waals surface area contributed by atoms with Crippen molar-refractivity contribution < 1.29 is 4.39 Å². The monoisotopic (exact) mass is 365 g/mol. The lowest BCUT2D eigenvalue weighted by atomic mass is 10.1. The first-order valence-corrected chi connectivity index (χ1v) is 9.23. The quantitative estimate of drug-likeness (QED) is 0.332. The first-order valence-electron chi connectivity index (χ1n) is 9.23. The van der Waals surface area contributed by atoms with Gasteiger partial charge < -0.3 is 4.90 Å². The molecular weight excluding hydrogens is 345 g/mol. The van der Waals surface area contributed by atoms with Crippen molar-refractivity contribution in [1.82, 2.24) is 0 Å². The van der Waals surface area contributed by atoms with Crippen molar-refractivity contribution in [2.24, 2.45) is 0 Å². The minimum atomic E-state index is -0.219. The zero-order valence-electron chi connectivity index (χ0n) is 15.4. The predicted octanol–water partition coefficient (Wildman–Crippen LogP) is 7.47. The highest BCUT2D eigenvalue weighted by atomic mass is 19.1. The maximum absolute atomic E-state index is 13.0. The summed E-state index contributed by atoms with van der Waals surface area (Å²) in [7, 11) is 0. The Morgan fingerprint density at radius 2 is 0.857 bits per heavy atom. The average Bonchev–Trinajstić information content (AvgIpc) is 2.76. The fourth-order valence-corrected chi connectivity index (χ4v) is 3.10. The smallest absolute Gasteiger partial charge is 0.123 e. The number of rotatable bonds is 5. The lowest BCUT2D eigenvalue weighted by molar-refractivity contribution is 0.628. The van der Waals surface area contributed by atoms with E-state index in [1.165, 1.54) is 12.1 Å². The van der Waals surface area contributed by atoms with Crippen LogP contribution in [0.4, 0.5) is 21.5 Å². The molecule has 0 atom stereocenters. The fraction of sp³-hybridized carbons (Fsp3) is 0. The predicted molar refractivity (Wildman–Crippen MR) is 116 cm³/mol. The van der Waals surface area contributed by atoms with Gasteiger partial charge in [0.25, 0.3) is 0 Å². The minimum absolute atomic E-state index is 0.219. The molecule has 0 unspecified atom stereocenters. The van der Waals surface area contributed by atoms with Gasteiger partial charge in [0, 0.05) is 17.1 Å². The molecule has 136 valence electrons. The van der Waals surface area contributed by atoms with Crippen LogP contribution in [0.15, 0.2) is 109 Å². The molecule has 4 aromatic carbocycles. The molecule has 0 aliphatic rings. The average molecular weight is 365 g/mol. The Kier molecular flexibility index (Phi) is 5.30. The van der Waals surface area contributed by atoms with Crippen molar-refractivity contribution >= 4 is 29.2 Å². The molecule has 0 aliphatic heterocycles. The van der Waals surface area contributed by atoms with Gasteiger partial charge in [-0.3, -0.25) is 0 Å². The number of para-hydroxylation sites is 2. The van der Waals surface area contributed by atoms with E-state index in [-0.39, 0.29) is 5.82 Å². The van der Waals surface area contributed by atoms with Gasteiger partial charge in [0.2, 0.25) is 0 Å². The molecule has 0 saturated heterocycles. The Hall–Kier alpha value is -3.65. The summed E-state index contributed by atoms with van der Waals surface area (Å²) in [5.74, 6) is -0.219. The number of halogens is 1. The van der Waals surface area contributed by atoms with Gasteiger partial charge in [0.05, 0.1) is 0 Å². The Bertz CT molecular complexity index is 998. The van der Waals surface area contributed by atoms with Crippen molar-refractivity contribution in [1.29, 1.82) is 0 Å². The zero-order valence-corrected chi connectivity index (χ0v) is 15.4. The van der Waals surface area contributed by atoms with E-state index in [2.05, 4.69) is 53.4 Å². The van der Waals surface area contributed by atoms with Crippen LogP contribution in [0.3, 0.4) is 0 Å². The van der Waals surface area contributed by atoms with Crippen molar-refractivity contribution in [2.45, 2.75) is 0 Å². The zero-order chi connectivity index (χ0) is 19.2. The van der Waals surface area contributed by atoms with Gasteiger partial charge >= 0.3 is 0 Å². The van der Waals surface area contributed by atoms with Crippen LogP contribution in [-0.4, -0.2) is 0 Å². The molecule has 1 nitrogen and oxygen atoms in total. The Labute approximate surface area is 165 Å². The van der Waals surface area contributed by atoms with E-state index in [0.29, 0.717) is 0 Å². The summed E-state index contributed by atoms with van der Waals surface area (Å²) in [4.78, 5) is 2.23. The highest BCUT2D eigenvalue weighted by Crippen LogP contribution is 2.34. The number of nitrogens with zero attached hydrogens (tertiary/aromatic N) is 1. The van der Waals surface area contributed by atoms with Gasteiger partial charge in [0.1, 0.15) is 5.82 Å². The number of anilines is 3. The molecule has 0 N–H and O–H groups in total. The van der Waals surface area contributed by atoms with Gasteiger partial charge in [-0.25, -0.2) is 4.39 Å². The van der Waals surface area contributed by atoms with Gasteiger partial charge in [-0.05, 0) is 59.7 Å². The second-order valence-corrected chi connectivity index (χ2v) is 6.48. The number of hydrogen-bond acceptors (Lipinski definition) is 1. The maximum Gasteiger partial charge on any atom is 0.123 e. The Balaban J connectivity index is 1.62. The van der Waals surface area contributed by atoms with E-state index in [1.54, 1.807) is 12.1 Å². The lowest BCUT2D eigenvalue weighted by Gasteiger charge is -2.25. The van der Waals surface area contributed by atoms with E-state index in [4.69, 9.17) is 0 Å². The Morgan fingerprint density at radius 1 is 0.464 bits per heavy atom. The maximum atomic E-state index is 13.0. The number of hydrogen-bond donors (Lipinski definition) is 0. The SMILES string of the molecule is Fc1ccc(/C=C/c2ccc(N(c3ccccc3)c3ccccc3)cc2)cc1. The summed E-state index contributed by atoms with van der Waals surface area (Å²) in [6.45, 7) is 0. The van der Waals surface area contributed by atoms with Crippen molar-refractivity contribution in [3.63, 3.8) is 0 Å². The van der Waals surface area contributed by atoms with Gasteiger partial charge in [0.15, 0.2) is 0 Å². The molecular formula is C26H20FN. The van der Waals surface area contributed by atoms with Crippen LogP contribution >= 0.6 is 0 Å². The second-order valence-electron chi connectivity index (χ2n) is 6.48. The molecule has 0 saturated carbocycles. The fourth-order valence-electron chi connectivity index (χ4n) is 3.10. The molecule has 4 aromatic rings. The molecule has 4 rings (SSSR count). The summed E-state index contributed by atoms with van der Waals surface area (Å²) in [5.41, 5.74) is 5.39. The third kappa shape index (κ3) is 4.18. The van der Waals surface area contributed by atoms with E-state index < -0.39 is 0 Å². The molecule has 0 aliphatic carbocycles. The largest absolute Gasteiger partial charge is 0.311 e. The summed E-state index contributed by atoms with van der Waals surface area (Å²) in [6, 6.07) is 35.6. The molecule has 0 bridgehead atoms. The molecule has 28 heavy (non-hydrogen) atoms. The first-order chi connectivity index (χ1) is 13.8. The van der Waals surface area contributed by atoms with Crippen LogP contribution in [0.2, 0.25) is 0 Å². The van der Waals surface area contributed by atoms with E-state index in [9.17, 15) is 4.39 Å². The molecule has 0 amide bonds. The van der Waals surface area contributed by atoms with Crippen molar-refractivity contribution in [2.75, 3.05) is 4.90 Å². The second kappa shape index (κ2) is 8.36. The van der Waals surface area contributed by atoms with Crippen LogP contribution in [0.1, 0.15) is 11.1 Å². The Morgan fingerprint density at radius 3 is 1.32 bits per heavy atom. The molecule has 0 radical (unpaired) electrons. The molecule has 0 fully saturated rings. The van der Waals surface area contributed by atoms with Crippen LogP contribution in [-0.2, 0) is 0 Å².